The zero-order chi connectivity index (χ0) is 20.0. The summed E-state index contributed by atoms with van der Waals surface area (Å²) < 4.78 is 10.7. The van der Waals surface area contributed by atoms with E-state index in [1.54, 1.807) is 7.11 Å². The zero-order valence-electron chi connectivity index (χ0n) is 17.0. The van der Waals surface area contributed by atoms with Crippen molar-refractivity contribution in [2.75, 3.05) is 40.0 Å². The molecule has 1 N–H and O–H groups in total. The first-order valence-corrected chi connectivity index (χ1v) is 10.3. The molecule has 0 atom stereocenters. The maximum Gasteiger partial charge on any atom is 0.253 e. The second-order valence-electron chi connectivity index (χ2n) is 8.06. The molecule has 2 aliphatic heterocycles. The fourth-order valence-electron chi connectivity index (χ4n) is 4.16. The molecule has 2 saturated heterocycles. The van der Waals surface area contributed by atoms with E-state index in [2.05, 4.69) is 5.32 Å². The van der Waals surface area contributed by atoms with Crippen LogP contribution in [0.15, 0.2) is 24.3 Å². The number of amides is 2. The highest BCUT2D eigenvalue weighted by atomic mass is 16.5. The number of hydrogen-bond donors (Lipinski definition) is 1. The minimum absolute atomic E-state index is 0.0279. The van der Waals surface area contributed by atoms with Gasteiger partial charge < -0.3 is 19.7 Å². The highest BCUT2D eigenvalue weighted by Crippen LogP contribution is 2.28. The smallest absolute Gasteiger partial charge is 0.253 e. The number of carbonyl (C=O) groups excluding carboxylic acids is 2. The monoisotopic (exact) mass is 388 g/mol. The number of piperidine rings is 1. The molecule has 2 amide bonds. The topological polar surface area (TPSA) is 67.9 Å². The first-order chi connectivity index (χ1) is 13.5. The van der Waals surface area contributed by atoms with Crippen LogP contribution in [0.4, 0.5) is 0 Å². The van der Waals surface area contributed by atoms with Crippen molar-refractivity contribution >= 4 is 11.8 Å². The normalized spacial score (nSPS) is 20.0. The van der Waals surface area contributed by atoms with Crippen molar-refractivity contribution in [2.24, 2.45) is 5.92 Å². The van der Waals surface area contributed by atoms with E-state index in [-0.39, 0.29) is 23.3 Å². The maximum absolute atomic E-state index is 12.8. The van der Waals surface area contributed by atoms with Gasteiger partial charge in [0.15, 0.2) is 0 Å². The van der Waals surface area contributed by atoms with Crippen LogP contribution in [0.5, 0.6) is 0 Å². The zero-order valence-corrected chi connectivity index (χ0v) is 17.0. The molecule has 1 aromatic rings. The third-order valence-corrected chi connectivity index (χ3v) is 6.04. The van der Waals surface area contributed by atoms with E-state index in [1.807, 2.05) is 36.1 Å². The fraction of sp³-hybridized carbons (Fsp3) is 0.636. The van der Waals surface area contributed by atoms with Gasteiger partial charge >= 0.3 is 0 Å². The molecule has 154 valence electrons. The van der Waals surface area contributed by atoms with Gasteiger partial charge in [-0.3, -0.25) is 9.59 Å². The Kier molecular flexibility index (Phi) is 7.08. The average Bonchev–Trinajstić information content (AvgIpc) is 2.73. The molecular weight excluding hydrogens is 356 g/mol. The van der Waals surface area contributed by atoms with Crippen molar-refractivity contribution in [3.8, 4) is 0 Å². The summed E-state index contributed by atoms with van der Waals surface area (Å²) in [4.78, 5) is 27.6. The third-order valence-electron chi connectivity index (χ3n) is 6.04. The van der Waals surface area contributed by atoms with E-state index in [0.717, 1.165) is 43.2 Å². The van der Waals surface area contributed by atoms with Crippen LogP contribution in [0.25, 0.3) is 0 Å². The molecule has 3 rings (SSSR count). The minimum atomic E-state index is -0.297. The molecule has 28 heavy (non-hydrogen) atoms. The average molecular weight is 389 g/mol. The van der Waals surface area contributed by atoms with Gasteiger partial charge in [0.1, 0.15) is 0 Å². The molecule has 0 aliphatic carbocycles. The Hall–Kier alpha value is -1.92. The molecule has 0 bridgehead atoms. The van der Waals surface area contributed by atoms with Crippen LogP contribution in [0, 0.1) is 12.8 Å². The van der Waals surface area contributed by atoms with Gasteiger partial charge in [-0.1, -0.05) is 17.7 Å². The van der Waals surface area contributed by atoms with Crippen LogP contribution in [-0.4, -0.2) is 62.3 Å². The summed E-state index contributed by atoms with van der Waals surface area (Å²) >= 11 is 0. The van der Waals surface area contributed by atoms with Crippen LogP contribution in [0.1, 0.15) is 48.0 Å². The van der Waals surface area contributed by atoms with E-state index >= 15 is 0 Å². The molecule has 2 heterocycles. The largest absolute Gasteiger partial charge is 0.385 e. The van der Waals surface area contributed by atoms with Crippen molar-refractivity contribution < 1.29 is 19.1 Å². The lowest BCUT2D eigenvalue weighted by molar-refractivity contribution is -0.130. The lowest BCUT2D eigenvalue weighted by atomic mass is 9.83. The molecule has 2 fully saturated rings. The van der Waals surface area contributed by atoms with Crippen LogP contribution < -0.4 is 5.32 Å². The summed E-state index contributed by atoms with van der Waals surface area (Å²) in [6.45, 7) is 5.19. The first-order valence-electron chi connectivity index (χ1n) is 10.3. The summed E-state index contributed by atoms with van der Waals surface area (Å²) in [5.74, 6) is 0.220. The number of benzene rings is 1. The van der Waals surface area contributed by atoms with E-state index in [1.165, 1.54) is 0 Å². The number of nitrogens with one attached hydrogen (secondary N) is 1. The maximum atomic E-state index is 12.8. The third kappa shape index (κ3) is 5.11. The van der Waals surface area contributed by atoms with Gasteiger partial charge in [0, 0.05) is 57.0 Å². The molecule has 0 unspecified atom stereocenters. The fourth-order valence-corrected chi connectivity index (χ4v) is 4.16. The molecule has 0 spiro atoms. The highest BCUT2D eigenvalue weighted by molar-refractivity contribution is 5.94. The van der Waals surface area contributed by atoms with Gasteiger partial charge in [0.05, 0.1) is 0 Å². The summed E-state index contributed by atoms with van der Waals surface area (Å²) in [5, 5.41) is 3.33. The van der Waals surface area contributed by atoms with Gasteiger partial charge in [-0.15, -0.1) is 0 Å². The predicted octanol–water partition coefficient (Wildman–Crippen LogP) is 2.55. The SMILES string of the molecule is COCCC1(NC(=O)C2CCOCC2)CCN(C(=O)c2cccc(C)c2)CC1. The highest BCUT2D eigenvalue weighted by Gasteiger charge is 2.38. The standard InChI is InChI=1S/C22H32N2O4/c1-17-4-3-5-19(16-17)21(26)24-11-8-22(9-12-24,10-15-27-2)23-20(25)18-6-13-28-14-7-18/h3-5,16,18H,6-15H2,1-2H3,(H,23,25). The number of likely N-dealkylation sites (tertiary alicyclic amines) is 1. The summed E-state index contributed by atoms with van der Waals surface area (Å²) in [5.41, 5.74) is 1.52. The lowest BCUT2D eigenvalue weighted by Crippen LogP contribution is -2.58. The second-order valence-corrected chi connectivity index (χ2v) is 8.06. The van der Waals surface area contributed by atoms with E-state index in [0.29, 0.717) is 32.9 Å². The van der Waals surface area contributed by atoms with Gasteiger partial charge in [-0.05, 0) is 51.2 Å². The number of methoxy groups -OCH3 is 1. The van der Waals surface area contributed by atoms with Crippen molar-refractivity contribution in [2.45, 2.75) is 44.6 Å². The number of aryl methyl sites for hydroxylation is 1. The Morgan fingerprint density at radius 1 is 1.25 bits per heavy atom. The van der Waals surface area contributed by atoms with E-state index < -0.39 is 0 Å². The lowest BCUT2D eigenvalue weighted by Gasteiger charge is -2.43. The Bertz CT molecular complexity index is 677. The number of carbonyl (C=O) groups is 2. The van der Waals surface area contributed by atoms with Gasteiger partial charge in [0.2, 0.25) is 5.91 Å². The van der Waals surface area contributed by atoms with Crippen molar-refractivity contribution in [1.82, 2.24) is 10.2 Å². The van der Waals surface area contributed by atoms with Crippen LogP contribution in [0.2, 0.25) is 0 Å². The van der Waals surface area contributed by atoms with Crippen molar-refractivity contribution in [3.05, 3.63) is 35.4 Å². The first kappa shape index (κ1) is 20.8. The number of nitrogens with zero attached hydrogens (tertiary/aromatic N) is 1. The van der Waals surface area contributed by atoms with Gasteiger partial charge in [-0.2, -0.15) is 0 Å². The predicted molar refractivity (Wildman–Crippen MR) is 107 cm³/mol. The van der Waals surface area contributed by atoms with E-state index in [4.69, 9.17) is 9.47 Å². The van der Waals surface area contributed by atoms with Crippen LogP contribution in [-0.2, 0) is 14.3 Å². The number of ether oxygens (including phenoxy) is 2. The van der Waals surface area contributed by atoms with Crippen molar-refractivity contribution in [1.29, 1.82) is 0 Å². The summed E-state index contributed by atoms with van der Waals surface area (Å²) in [7, 11) is 1.68. The molecular formula is C22H32N2O4. The molecule has 6 nitrogen and oxygen atoms in total. The molecule has 1 aromatic carbocycles. The van der Waals surface area contributed by atoms with Gasteiger partial charge in [-0.25, -0.2) is 0 Å². The molecule has 0 saturated carbocycles. The summed E-state index contributed by atoms with van der Waals surface area (Å²) in [6, 6.07) is 7.72. The number of rotatable bonds is 6. The Labute approximate surface area is 167 Å². The molecule has 0 radical (unpaired) electrons. The molecule has 2 aliphatic rings. The molecule has 6 heteroatoms. The van der Waals surface area contributed by atoms with Crippen LogP contribution >= 0.6 is 0 Å². The Morgan fingerprint density at radius 3 is 2.61 bits per heavy atom. The quantitative estimate of drug-likeness (QED) is 0.813. The number of hydrogen-bond acceptors (Lipinski definition) is 4. The van der Waals surface area contributed by atoms with Crippen LogP contribution in [0.3, 0.4) is 0 Å². The summed E-state index contributed by atoms with van der Waals surface area (Å²) in [6.07, 6.45) is 3.84. The van der Waals surface area contributed by atoms with E-state index in [9.17, 15) is 9.59 Å². The molecule has 0 aromatic heterocycles. The minimum Gasteiger partial charge on any atom is -0.385 e. The Morgan fingerprint density at radius 2 is 1.96 bits per heavy atom. The van der Waals surface area contributed by atoms with Gasteiger partial charge in [0.25, 0.3) is 5.91 Å². The van der Waals surface area contributed by atoms with Crippen molar-refractivity contribution in [3.63, 3.8) is 0 Å². The Balaban J connectivity index is 1.63. The second kappa shape index (κ2) is 9.52.